The van der Waals surface area contributed by atoms with Crippen LogP contribution in [0, 0.1) is 30.0 Å². The molecule has 0 amide bonds. The van der Waals surface area contributed by atoms with Gasteiger partial charge in [-0.25, -0.2) is 4.79 Å². The Hall–Kier alpha value is -1.94. The van der Waals surface area contributed by atoms with Crippen LogP contribution < -0.4 is 0 Å². The van der Waals surface area contributed by atoms with Crippen LogP contribution >= 0.6 is 0 Å². The molecule has 0 radical (unpaired) electrons. The van der Waals surface area contributed by atoms with Crippen LogP contribution in [0.5, 0.6) is 0 Å². The number of rotatable bonds is 2. The zero-order chi connectivity index (χ0) is 10.1. The van der Waals surface area contributed by atoms with E-state index in [4.69, 9.17) is 0 Å². The maximum atomic E-state index is 10.9. The van der Waals surface area contributed by atoms with Crippen LogP contribution in [0.3, 0.4) is 0 Å². The first kappa shape index (κ1) is 11.1. The molecule has 0 aliphatic rings. The Bertz CT molecular complexity index is 297. The van der Waals surface area contributed by atoms with E-state index in [-0.39, 0.29) is 6.47 Å². The maximum absolute atomic E-state index is 10.9. The van der Waals surface area contributed by atoms with Crippen molar-refractivity contribution in [2.75, 3.05) is 0 Å². The van der Waals surface area contributed by atoms with E-state index >= 15 is 0 Å². The van der Waals surface area contributed by atoms with Crippen molar-refractivity contribution >= 4 is 12.4 Å². The molecule has 0 aromatic heterocycles. The van der Waals surface area contributed by atoms with Gasteiger partial charge in [-0.2, -0.15) is 0 Å². The van der Waals surface area contributed by atoms with E-state index in [1.807, 2.05) is 6.11 Å². The summed E-state index contributed by atoms with van der Waals surface area (Å²) in [5, 5.41) is 0. The molecule has 0 aliphatic carbocycles. The first-order chi connectivity index (χ1) is 6.22. The van der Waals surface area contributed by atoms with Gasteiger partial charge in [0, 0.05) is 6.92 Å². The third kappa shape index (κ3) is 5.34. The Morgan fingerprint density at radius 2 is 2.15 bits per heavy atom. The number of carbonyl (C=O) groups excluding carboxylic acids is 2. The third-order valence-electron chi connectivity index (χ3n) is 0.990. The van der Waals surface area contributed by atoms with Crippen molar-refractivity contribution in [3.8, 4) is 24.1 Å². The van der Waals surface area contributed by atoms with Gasteiger partial charge in [0.1, 0.15) is 18.1 Å². The third-order valence-corrected chi connectivity index (χ3v) is 0.990. The Labute approximate surface area is 76.2 Å². The lowest BCUT2D eigenvalue weighted by Crippen LogP contribution is -2.10. The number of carbonyl (C=O) groups is 2. The van der Waals surface area contributed by atoms with Crippen LogP contribution in [-0.4, -0.2) is 12.4 Å². The van der Waals surface area contributed by atoms with Gasteiger partial charge in [0.25, 0.3) is 0 Å². The number of esters is 1. The lowest BCUT2D eigenvalue weighted by atomic mass is 10.2. The SMILES string of the molecule is CC#COC(=O)C(C)C#COC=O. The fourth-order valence-electron chi connectivity index (χ4n) is 0.395. The van der Waals surface area contributed by atoms with Crippen molar-refractivity contribution in [1.82, 2.24) is 0 Å². The molecule has 0 fully saturated rings. The second-order valence-corrected chi connectivity index (χ2v) is 1.96. The fourth-order valence-corrected chi connectivity index (χ4v) is 0.395. The summed E-state index contributed by atoms with van der Waals surface area (Å²) >= 11 is 0. The minimum atomic E-state index is -0.666. The molecule has 0 spiro atoms. The lowest BCUT2D eigenvalue weighted by Gasteiger charge is -1.96. The normalized spacial score (nSPS) is 9.38. The van der Waals surface area contributed by atoms with Gasteiger partial charge in [0.2, 0.25) is 0 Å². The predicted molar refractivity (Wildman–Crippen MR) is 43.6 cm³/mol. The summed E-state index contributed by atoms with van der Waals surface area (Å²) < 4.78 is 8.51. The van der Waals surface area contributed by atoms with Crippen LogP contribution in [-0.2, 0) is 19.1 Å². The minimum absolute atomic E-state index is 0.177. The van der Waals surface area contributed by atoms with E-state index < -0.39 is 11.9 Å². The summed E-state index contributed by atoms with van der Waals surface area (Å²) in [5.41, 5.74) is 0. The molecule has 4 heteroatoms. The maximum Gasteiger partial charge on any atom is 0.334 e. The summed E-state index contributed by atoms with van der Waals surface area (Å²) in [6.07, 6.45) is 4.17. The summed E-state index contributed by atoms with van der Waals surface area (Å²) in [5.74, 6) is 3.50. The fraction of sp³-hybridized carbons (Fsp3) is 0.333. The van der Waals surface area contributed by atoms with Crippen LogP contribution in [0.25, 0.3) is 0 Å². The van der Waals surface area contributed by atoms with Crippen molar-refractivity contribution in [3.63, 3.8) is 0 Å². The molecule has 0 heterocycles. The largest absolute Gasteiger partial charge is 0.375 e. The van der Waals surface area contributed by atoms with E-state index in [2.05, 4.69) is 27.4 Å². The van der Waals surface area contributed by atoms with Crippen molar-refractivity contribution < 1.29 is 19.1 Å². The van der Waals surface area contributed by atoms with Gasteiger partial charge >= 0.3 is 12.4 Å². The highest BCUT2D eigenvalue weighted by Gasteiger charge is 2.10. The molecule has 0 bridgehead atoms. The first-order valence-electron chi connectivity index (χ1n) is 3.44. The average Bonchev–Trinajstić information content (AvgIpc) is 2.14. The molecule has 0 saturated heterocycles. The van der Waals surface area contributed by atoms with Crippen LogP contribution in [0.15, 0.2) is 0 Å². The quantitative estimate of drug-likeness (QED) is 0.348. The molecule has 0 aliphatic heterocycles. The second kappa shape index (κ2) is 6.75. The lowest BCUT2D eigenvalue weighted by molar-refractivity contribution is -0.139. The van der Waals surface area contributed by atoms with Gasteiger partial charge in [-0.05, 0) is 12.8 Å². The molecule has 0 aromatic carbocycles. The van der Waals surface area contributed by atoms with Crippen molar-refractivity contribution in [2.24, 2.45) is 5.92 Å². The van der Waals surface area contributed by atoms with Gasteiger partial charge in [-0.15, -0.1) is 0 Å². The highest BCUT2D eigenvalue weighted by atomic mass is 16.5. The molecular formula is C9H8O4. The van der Waals surface area contributed by atoms with Gasteiger partial charge in [0.15, 0.2) is 0 Å². The zero-order valence-corrected chi connectivity index (χ0v) is 7.29. The molecular weight excluding hydrogens is 172 g/mol. The van der Waals surface area contributed by atoms with E-state index in [0.717, 1.165) is 0 Å². The molecule has 4 nitrogen and oxygen atoms in total. The highest BCUT2D eigenvalue weighted by Crippen LogP contribution is 1.94. The second-order valence-electron chi connectivity index (χ2n) is 1.96. The number of hydrogen-bond acceptors (Lipinski definition) is 4. The smallest absolute Gasteiger partial charge is 0.334 e. The standard InChI is InChI=1S/C9H8O4/c1-3-5-13-9(11)8(2)4-6-12-7-10/h7-8H,1-2H3. The molecule has 0 N–H and O–H groups in total. The van der Waals surface area contributed by atoms with E-state index in [1.165, 1.54) is 6.92 Å². The summed E-state index contributed by atoms with van der Waals surface area (Å²) in [6.45, 7) is 3.23. The van der Waals surface area contributed by atoms with Gasteiger partial charge in [-0.3, -0.25) is 4.79 Å². The van der Waals surface area contributed by atoms with Crippen molar-refractivity contribution in [3.05, 3.63) is 0 Å². The monoisotopic (exact) mass is 180 g/mol. The topological polar surface area (TPSA) is 52.6 Å². The van der Waals surface area contributed by atoms with Crippen LogP contribution in [0.1, 0.15) is 13.8 Å². The first-order valence-corrected chi connectivity index (χ1v) is 3.44. The van der Waals surface area contributed by atoms with Crippen molar-refractivity contribution in [1.29, 1.82) is 0 Å². The Morgan fingerprint density at radius 3 is 2.69 bits per heavy atom. The number of hydrogen-bond donors (Lipinski definition) is 0. The Morgan fingerprint density at radius 1 is 1.46 bits per heavy atom. The van der Waals surface area contributed by atoms with Gasteiger partial charge in [0.05, 0.1) is 0 Å². The van der Waals surface area contributed by atoms with Gasteiger partial charge < -0.3 is 9.47 Å². The average molecular weight is 180 g/mol. The molecule has 0 aromatic rings. The zero-order valence-electron chi connectivity index (χ0n) is 7.29. The van der Waals surface area contributed by atoms with Crippen LogP contribution in [0.4, 0.5) is 0 Å². The summed E-state index contributed by atoms with van der Waals surface area (Å²) in [6, 6.07) is 0. The molecule has 1 atom stereocenters. The van der Waals surface area contributed by atoms with E-state index in [0.29, 0.717) is 0 Å². The Kier molecular flexibility index (Phi) is 5.74. The molecule has 1 unspecified atom stereocenters. The van der Waals surface area contributed by atoms with E-state index in [1.54, 1.807) is 6.92 Å². The van der Waals surface area contributed by atoms with E-state index in [9.17, 15) is 9.59 Å². The molecule has 68 valence electrons. The predicted octanol–water partition coefficient (Wildman–Crippen LogP) is 0.280. The minimum Gasteiger partial charge on any atom is -0.375 e. The van der Waals surface area contributed by atoms with Gasteiger partial charge in [-0.1, -0.05) is 5.92 Å². The molecule has 0 saturated carbocycles. The molecule has 13 heavy (non-hydrogen) atoms. The summed E-state index contributed by atoms with van der Waals surface area (Å²) in [7, 11) is 0. The summed E-state index contributed by atoms with van der Waals surface area (Å²) in [4.78, 5) is 20.6. The Balaban J connectivity index is 4.02. The molecule has 0 rings (SSSR count). The number of ether oxygens (including phenoxy) is 2. The van der Waals surface area contributed by atoms with Crippen molar-refractivity contribution in [2.45, 2.75) is 13.8 Å². The highest BCUT2D eigenvalue weighted by molar-refractivity contribution is 5.76. The van der Waals surface area contributed by atoms with Crippen LogP contribution in [0.2, 0.25) is 0 Å².